The summed E-state index contributed by atoms with van der Waals surface area (Å²) in [5.74, 6) is 3.07. The summed E-state index contributed by atoms with van der Waals surface area (Å²) in [7, 11) is 0. The number of piperazine rings is 1. The van der Waals surface area contributed by atoms with Crippen LogP contribution >= 0.6 is 0 Å². The van der Waals surface area contributed by atoms with E-state index in [0.29, 0.717) is 12.5 Å². The van der Waals surface area contributed by atoms with Gasteiger partial charge in [-0.05, 0) is 80.8 Å². The molecule has 0 atom stereocenters. The topological polar surface area (TPSA) is 43.9 Å². The first-order valence-electron chi connectivity index (χ1n) is 12.5. The number of hydrogen-bond acceptors (Lipinski definition) is 3. The quantitative estimate of drug-likeness (QED) is 0.752. The van der Waals surface area contributed by atoms with E-state index >= 15 is 0 Å². The van der Waals surface area contributed by atoms with Crippen LogP contribution in [0.25, 0.3) is 0 Å². The number of rotatable bonds is 3. The molecule has 2 heterocycles. The maximum Gasteiger partial charge on any atom is 0.241 e. The van der Waals surface area contributed by atoms with Gasteiger partial charge >= 0.3 is 0 Å². The van der Waals surface area contributed by atoms with E-state index in [4.69, 9.17) is 0 Å². The number of carbonyl (C=O) groups excluding carboxylic acids is 2. The lowest BCUT2D eigenvalue weighted by atomic mass is 9.49. The second kappa shape index (κ2) is 7.61. The third kappa shape index (κ3) is 3.49. The molecule has 166 valence electrons. The average molecular weight is 422 g/mol. The number of hydrogen-bond donors (Lipinski definition) is 0. The lowest BCUT2D eigenvalue weighted by Crippen LogP contribution is -2.58. The summed E-state index contributed by atoms with van der Waals surface area (Å²) in [5.41, 5.74) is 2.34. The molecule has 5 nitrogen and oxygen atoms in total. The zero-order valence-electron chi connectivity index (χ0n) is 18.6. The molecule has 0 unspecified atom stereocenters. The van der Waals surface area contributed by atoms with E-state index in [2.05, 4.69) is 28.0 Å². The van der Waals surface area contributed by atoms with Crippen molar-refractivity contribution in [1.82, 2.24) is 9.80 Å². The summed E-state index contributed by atoms with van der Waals surface area (Å²) in [5, 5.41) is 0. The van der Waals surface area contributed by atoms with Crippen molar-refractivity contribution in [2.45, 2.75) is 51.4 Å². The highest BCUT2D eigenvalue weighted by Crippen LogP contribution is 2.60. The average Bonchev–Trinajstić information content (AvgIpc) is 2.78. The van der Waals surface area contributed by atoms with Crippen LogP contribution in [0.1, 0.15) is 50.5 Å². The van der Waals surface area contributed by atoms with E-state index in [0.717, 1.165) is 88.3 Å². The third-order valence-corrected chi connectivity index (χ3v) is 8.92. The van der Waals surface area contributed by atoms with Gasteiger partial charge in [0.05, 0.1) is 12.0 Å². The molecule has 0 radical (unpaired) electrons. The Hall–Kier alpha value is -1.88. The molecular weight excluding hydrogens is 386 g/mol. The number of carbonyl (C=O) groups is 2. The van der Waals surface area contributed by atoms with Gasteiger partial charge in [-0.2, -0.15) is 0 Å². The van der Waals surface area contributed by atoms with Gasteiger partial charge in [-0.3, -0.25) is 14.5 Å². The van der Waals surface area contributed by atoms with Crippen LogP contribution in [0, 0.1) is 23.2 Å². The minimum Gasteiger partial charge on any atom is -0.340 e. The monoisotopic (exact) mass is 421 g/mol. The number of para-hydroxylation sites is 1. The van der Waals surface area contributed by atoms with Gasteiger partial charge < -0.3 is 9.80 Å². The summed E-state index contributed by atoms with van der Waals surface area (Å²) in [6.45, 7) is 4.49. The summed E-state index contributed by atoms with van der Waals surface area (Å²) in [6, 6.07) is 8.31. The number of amides is 2. The highest BCUT2D eigenvalue weighted by atomic mass is 16.2. The molecule has 4 saturated carbocycles. The van der Waals surface area contributed by atoms with Crippen LogP contribution in [-0.2, 0) is 16.0 Å². The predicted molar refractivity (Wildman–Crippen MR) is 121 cm³/mol. The molecule has 7 rings (SSSR count). The molecular formula is C26H35N3O2. The Kier molecular flexibility index (Phi) is 4.86. The fraction of sp³-hybridized carbons (Fsp3) is 0.692. The van der Waals surface area contributed by atoms with E-state index in [9.17, 15) is 9.59 Å². The number of aryl methyl sites for hydroxylation is 1. The van der Waals surface area contributed by atoms with E-state index < -0.39 is 0 Å². The van der Waals surface area contributed by atoms with Crippen LogP contribution in [0.5, 0.6) is 0 Å². The Balaban J connectivity index is 1.06. The van der Waals surface area contributed by atoms with Crippen molar-refractivity contribution in [3.63, 3.8) is 0 Å². The van der Waals surface area contributed by atoms with Crippen LogP contribution in [0.3, 0.4) is 0 Å². The van der Waals surface area contributed by atoms with E-state index in [-0.39, 0.29) is 11.3 Å². The number of benzene rings is 1. The Bertz CT molecular complexity index is 838. The first-order chi connectivity index (χ1) is 15.1. The van der Waals surface area contributed by atoms with Crippen LogP contribution in [-0.4, -0.2) is 60.9 Å². The molecule has 0 aromatic heterocycles. The lowest BCUT2D eigenvalue weighted by Gasteiger charge is -2.57. The van der Waals surface area contributed by atoms with E-state index in [1.807, 2.05) is 11.0 Å². The molecule has 31 heavy (non-hydrogen) atoms. The maximum absolute atomic E-state index is 13.6. The number of fused-ring (bicyclic) bond motifs is 1. The van der Waals surface area contributed by atoms with Gasteiger partial charge in [0.1, 0.15) is 0 Å². The van der Waals surface area contributed by atoms with Gasteiger partial charge in [0, 0.05) is 38.4 Å². The van der Waals surface area contributed by atoms with E-state index in [1.165, 1.54) is 24.8 Å². The lowest BCUT2D eigenvalue weighted by molar-refractivity contribution is -0.159. The highest BCUT2D eigenvalue weighted by Gasteiger charge is 2.55. The molecule has 1 saturated heterocycles. The molecule has 5 heteroatoms. The normalized spacial score (nSPS) is 34.6. The zero-order valence-corrected chi connectivity index (χ0v) is 18.6. The minimum absolute atomic E-state index is 0.0374. The number of nitrogens with zero attached hydrogens (tertiary/aromatic N) is 3. The SMILES string of the molecule is O=C(CN1CCN(C(=O)C23CC4CC(CC(C4)C2)C3)CC1)N1CCCc2ccccc21. The fourth-order valence-corrected chi connectivity index (χ4v) is 7.89. The molecule has 1 aromatic carbocycles. The fourth-order valence-electron chi connectivity index (χ4n) is 7.89. The molecule has 6 aliphatic rings. The van der Waals surface area contributed by atoms with Crippen LogP contribution in [0.4, 0.5) is 5.69 Å². The van der Waals surface area contributed by atoms with Gasteiger partial charge in [0.25, 0.3) is 0 Å². The van der Waals surface area contributed by atoms with E-state index in [1.54, 1.807) is 0 Å². The molecule has 1 aromatic rings. The Morgan fingerprint density at radius 2 is 1.52 bits per heavy atom. The standard InChI is InChI=1S/C26H35N3O2/c30-24(29-7-3-5-22-4-1-2-6-23(22)29)18-27-8-10-28(11-9-27)25(31)26-15-19-12-20(16-26)14-21(13-19)17-26/h1-2,4,6,19-21H,3,5,7-18H2. The Morgan fingerprint density at radius 3 is 2.19 bits per heavy atom. The van der Waals surface area contributed by atoms with Gasteiger partial charge in [0.15, 0.2) is 0 Å². The van der Waals surface area contributed by atoms with Crippen molar-refractivity contribution in [2.75, 3.05) is 44.2 Å². The molecule has 0 spiro atoms. The molecule has 2 aliphatic heterocycles. The van der Waals surface area contributed by atoms with Crippen molar-refractivity contribution < 1.29 is 9.59 Å². The largest absolute Gasteiger partial charge is 0.340 e. The Morgan fingerprint density at radius 1 is 0.871 bits per heavy atom. The molecule has 2 amide bonds. The predicted octanol–water partition coefficient (Wildman–Crippen LogP) is 3.33. The van der Waals surface area contributed by atoms with Crippen LogP contribution in [0.2, 0.25) is 0 Å². The van der Waals surface area contributed by atoms with Gasteiger partial charge in [-0.15, -0.1) is 0 Å². The molecule has 0 N–H and O–H groups in total. The van der Waals surface area contributed by atoms with Gasteiger partial charge in [0.2, 0.25) is 11.8 Å². The molecule has 4 aliphatic carbocycles. The smallest absolute Gasteiger partial charge is 0.241 e. The molecule has 5 fully saturated rings. The zero-order chi connectivity index (χ0) is 21.0. The molecule has 4 bridgehead atoms. The van der Waals surface area contributed by atoms with Gasteiger partial charge in [-0.1, -0.05) is 18.2 Å². The summed E-state index contributed by atoms with van der Waals surface area (Å²) >= 11 is 0. The third-order valence-electron chi connectivity index (χ3n) is 8.92. The highest BCUT2D eigenvalue weighted by molar-refractivity contribution is 5.96. The second-order valence-corrected chi connectivity index (χ2v) is 11.0. The first-order valence-corrected chi connectivity index (χ1v) is 12.5. The van der Waals surface area contributed by atoms with Crippen molar-refractivity contribution >= 4 is 17.5 Å². The van der Waals surface area contributed by atoms with Crippen molar-refractivity contribution in [1.29, 1.82) is 0 Å². The summed E-state index contributed by atoms with van der Waals surface area (Å²) in [6.07, 6.45) is 9.66. The second-order valence-electron chi connectivity index (χ2n) is 11.0. The van der Waals surface area contributed by atoms with Gasteiger partial charge in [-0.25, -0.2) is 0 Å². The summed E-state index contributed by atoms with van der Waals surface area (Å²) < 4.78 is 0. The van der Waals surface area contributed by atoms with Crippen LogP contribution in [0.15, 0.2) is 24.3 Å². The summed E-state index contributed by atoms with van der Waals surface area (Å²) in [4.78, 5) is 33.0. The first kappa shape index (κ1) is 19.8. The van der Waals surface area contributed by atoms with Crippen molar-refractivity contribution in [3.05, 3.63) is 29.8 Å². The van der Waals surface area contributed by atoms with Crippen LogP contribution < -0.4 is 4.90 Å². The van der Waals surface area contributed by atoms with Crippen molar-refractivity contribution in [3.8, 4) is 0 Å². The minimum atomic E-state index is -0.0374. The number of anilines is 1. The maximum atomic E-state index is 13.6. The Labute approximate surface area is 185 Å². The van der Waals surface area contributed by atoms with Crippen molar-refractivity contribution in [2.24, 2.45) is 23.2 Å².